The fourth-order valence-corrected chi connectivity index (χ4v) is 2.21. The molecular formula is C12H15BrN2. The topological polar surface area (TPSA) is 24.9 Å². The van der Waals surface area contributed by atoms with Crippen molar-refractivity contribution in [2.45, 2.75) is 19.3 Å². The van der Waals surface area contributed by atoms with E-state index in [0.29, 0.717) is 0 Å². The van der Waals surface area contributed by atoms with Gasteiger partial charge in [-0.2, -0.15) is 0 Å². The van der Waals surface area contributed by atoms with Crippen molar-refractivity contribution >= 4 is 21.6 Å². The van der Waals surface area contributed by atoms with E-state index in [-0.39, 0.29) is 0 Å². The van der Waals surface area contributed by atoms with Crippen molar-refractivity contribution in [3.05, 3.63) is 35.1 Å². The molecule has 0 saturated heterocycles. The molecule has 1 heterocycles. The van der Waals surface area contributed by atoms with Crippen molar-refractivity contribution < 1.29 is 0 Å². The number of nitrogens with one attached hydrogen (secondary N) is 1. The molecule has 80 valence electrons. The number of anilines is 1. The molecule has 1 atom stereocenters. The lowest BCUT2D eigenvalue weighted by molar-refractivity contribution is 0.504. The second kappa shape index (κ2) is 5.31. The Bertz CT molecular complexity index is 349. The second-order valence-electron chi connectivity index (χ2n) is 3.89. The largest absolute Gasteiger partial charge is 0.384 e. The average Bonchev–Trinajstić information content (AvgIpc) is 2.29. The summed E-state index contributed by atoms with van der Waals surface area (Å²) in [6, 6.07) is 2.00. The SMILES string of the molecule is Brc1cnccc1NCC1CC=CCC1. The zero-order valence-corrected chi connectivity index (χ0v) is 10.2. The highest BCUT2D eigenvalue weighted by Gasteiger charge is 2.09. The van der Waals surface area contributed by atoms with Crippen LogP contribution in [0, 0.1) is 5.92 Å². The van der Waals surface area contributed by atoms with Gasteiger partial charge in [0.05, 0.1) is 10.2 Å². The molecule has 1 N–H and O–H groups in total. The predicted molar refractivity (Wildman–Crippen MR) is 66.9 cm³/mol. The number of halogens is 1. The van der Waals surface area contributed by atoms with Crippen LogP contribution >= 0.6 is 15.9 Å². The summed E-state index contributed by atoms with van der Waals surface area (Å²) in [5.74, 6) is 0.773. The van der Waals surface area contributed by atoms with Gasteiger partial charge in [0, 0.05) is 18.9 Å². The fourth-order valence-electron chi connectivity index (χ4n) is 1.81. The fraction of sp³-hybridized carbons (Fsp3) is 0.417. The third-order valence-corrected chi connectivity index (χ3v) is 3.36. The predicted octanol–water partition coefficient (Wildman–Crippen LogP) is 3.61. The summed E-state index contributed by atoms with van der Waals surface area (Å²) in [4.78, 5) is 4.04. The highest BCUT2D eigenvalue weighted by molar-refractivity contribution is 9.10. The maximum Gasteiger partial charge on any atom is 0.0590 e. The van der Waals surface area contributed by atoms with Gasteiger partial charge in [0.1, 0.15) is 0 Å². The van der Waals surface area contributed by atoms with E-state index in [9.17, 15) is 0 Å². The second-order valence-corrected chi connectivity index (χ2v) is 4.74. The normalized spacial score (nSPS) is 20.2. The highest BCUT2D eigenvalue weighted by Crippen LogP contribution is 2.23. The van der Waals surface area contributed by atoms with Crippen LogP contribution in [0.1, 0.15) is 19.3 Å². The standard InChI is InChI=1S/C12H15BrN2/c13-11-9-14-7-6-12(11)15-8-10-4-2-1-3-5-10/h1-2,6-7,9-10H,3-5,8H2,(H,14,15). The zero-order valence-electron chi connectivity index (χ0n) is 8.62. The van der Waals surface area contributed by atoms with Crippen molar-refractivity contribution in [3.8, 4) is 0 Å². The van der Waals surface area contributed by atoms with Gasteiger partial charge in [-0.15, -0.1) is 0 Å². The molecule has 0 radical (unpaired) electrons. The Hall–Kier alpha value is -0.830. The molecule has 2 nitrogen and oxygen atoms in total. The Kier molecular flexibility index (Phi) is 3.78. The third-order valence-electron chi connectivity index (χ3n) is 2.73. The van der Waals surface area contributed by atoms with Crippen molar-refractivity contribution in [2.75, 3.05) is 11.9 Å². The highest BCUT2D eigenvalue weighted by atomic mass is 79.9. The van der Waals surface area contributed by atoms with Crippen LogP contribution in [0.4, 0.5) is 5.69 Å². The molecule has 15 heavy (non-hydrogen) atoms. The van der Waals surface area contributed by atoms with Crippen molar-refractivity contribution in [1.29, 1.82) is 0 Å². The molecule has 0 aliphatic heterocycles. The van der Waals surface area contributed by atoms with Gasteiger partial charge in [0.25, 0.3) is 0 Å². The van der Waals surface area contributed by atoms with E-state index >= 15 is 0 Å². The summed E-state index contributed by atoms with van der Waals surface area (Å²) >= 11 is 3.48. The molecule has 0 spiro atoms. The molecule has 1 aromatic rings. The minimum Gasteiger partial charge on any atom is -0.384 e. The number of nitrogens with zero attached hydrogens (tertiary/aromatic N) is 1. The average molecular weight is 267 g/mol. The van der Waals surface area contributed by atoms with Crippen molar-refractivity contribution in [1.82, 2.24) is 4.98 Å². The number of rotatable bonds is 3. The van der Waals surface area contributed by atoms with E-state index in [4.69, 9.17) is 0 Å². The molecule has 0 saturated carbocycles. The molecule has 3 heteroatoms. The summed E-state index contributed by atoms with van der Waals surface area (Å²) < 4.78 is 1.04. The van der Waals surface area contributed by atoms with Crippen molar-refractivity contribution in [2.24, 2.45) is 5.92 Å². The van der Waals surface area contributed by atoms with Crippen LogP contribution in [0.3, 0.4) is 0 Å². The number of hydrogen-bond donors (Lipinski definition) is 1. The lowest BCUT2D eigenvalue weighted by atomic mass is 9.94. The quantitative estimate of drug-likeness (QED) is 0.846. The van der Waals surface area contributed by atoms with Gasteiger partial charge in [0.2, 0.25) is 0 Å². The van der Waals surface area contributed by atoms with Crippen LogP contribution in [-0.2, 0) is 0 Å². The first kappa shape index (κ1) is 10.7. The first-order valence-corrected chi connectivity index (χ1v) is 6.14. The van der Waals surface area contributed by atoms with Gasteiger partial charge >= 0.3 is 0 Å². The van der Waals surface area contributed by atoms with Crippen LogP contribution in [0.25, 0.3) is 0 Å². The molecule has 1 aromatic heterocycles. The number of pyridine rings is 1. The molecule has 0 aromatic carbocycles. The van der Waals surface area contributed by atoms with E-state index in [0.717, 1.165) is 22.6 Å². The molecule has 0 bridgehead atoms. The van der Waals surface area contributed by atoms with Gasteiger partial charge < -0.3 is 5.32 Å². The summed E-state index contributed by atoms with van der Waals surface area (Å²) in [5, 5.41) is 3.46. The van der Waals surface area contributed by atoms with Crippen LogP contribution in [-0.4, -0.2) is 11.5 Å². The minimum atomic E-state index is 0.773. The van der Waals surface area contributed by atoms with E-state index in [1.165, 1.54) is 19.3 Å². The summed E-state index contributed by atoms with van der Waals surface area (Å²) in [6.07, 6.45) is 11.9. The zero-order chi connectivity index (χ0) is 10.5. The van der Waals surface area contributed by atoms with Crippen LogP contribution in [0.15, 0.2) is 35.1 Å². The molecule has 1 aliphatic carbocycles. The van der Waals surface area contributed by atoms with Crippen molar-refractivity contribution in [3.63, 3.8) is 0 Å². The Labute approximate surface area is 98.9 Å². The third kappa shape index (κ3) is 3.06. The molecular weight excluding hydrogens is 252 g/mol. The van der Waals surface area contributed by atoms with Gasteiger partial charge in [-0.3, -0.25) is 4.98 Å². The summed E-state index contributed by atoms with van der Waals surface area (Å²) in [5.41, 5.74) is 1.14. The summed E-state index contributed by atoms with van der Waals surface area (Å²) in [7, 11) is 0. The molecule has 0 fully saturated rings. The van der Waals surface area contributed by atoms with Gasteiger partial charge in [-0.1, -0.05) is 12.2 Å². The minimum absolute atomic E-state index is 0.773. The molecule has 0 amide bonds. The summed E-state index contributed by atoms with van der Waals surface area (Å²) in [6.45, 7) is 1.05. The smallest absolute Gasteiger partial charge is 0.0590 e. The van der Waals surface area contributed by atoms with E-state index in [1.54, 1.807) is 0 Å². The van der Waals surface area contributed by atoms with Gasteiger partial charge in [-0.25, -0.2) is 0 Å². The van der Waals surface area contributed by atoms with Gasteiger partial charge in [0.15, 0.2) is 0 Å². The van der Waals surface area contributed by atoms with E-state index < -0.39 is 0 Å². The molecule has 1 unspecified atom stereocenters. The molecule has 2 rings (SSSR count). The first-order valence-electron chi connectivity index (χ1n) is 5.34. The van der Waals surface area contributed by atoms with Crippen LogP contribution in [0.5, 0.6) is 0 Å². The van der Waals surface area contributed by atoms with Gasteiger partial charge in [-0.05, 0) is 47.2 Å². The van der Waals surface area contributed by atoms with E-state index in [2.05, 4.69) is 38.4 Å². The maximum absolute atomic E-state index is 4.04. The number of allylic oxidation sites excluding steroid dienone is 2. The Morgan fingerprint density at radius 3 is 3.13 bits per heavy atom. The maximum atomic E-state index is 4.04. The van der Waals surface area contributed by atoms with Crippen LogP contribution in [0.2, 0.25) is 0 Å². The Balaban J connectivity index is 1.87. The first-order chi connectivity index (χ1) is 7.36. The number of hydrogen-bond acceptors (Lipinski definition) is 2. The molecule has 1 aliphatic rings. The van der Waals surface area contributed by atoms with Crippen LogP contribution < -0.4 is 5.32 Å². The Morgan fingerprint density at radius 1 is 1.47 bits per heavy atom. The monoisotopic (exact) mass is 266 g/mol. The Morgan fingerprint density at radius 2 is 2.40 bits per heavy atom. The lowest BCUT2D eigenvalue weighted by Gasteiger charge is -2.19. The lowest BCUT2D eigenvalue weighted by Crippen LogP contribution is -2.15. The number of aromatic nitrogens is 1. The van der Waals surface area contributed by atoms with E-state index in [1.807, 2.05) is 18.5 Å².